The van der Waals surface area contributed by atoms with E-state index in [1.165, 1.54) is 0 Å². The number of ether oxygens (including phenoxy) is 1. The molecule has 3 N–H and O–H groups in total. The highest BCUT2D eigenvalue weighted by Gasteiger charge is 2.42. The second-order valence-corrected chi connectivity index (χ2v) is 10.3. The van der Waals surface area contributed by atoms with E-state index in [-0.39, 0.29) is 16.8 Å². The summed E-state index contributed by atoms with van der Waals surface area (Å²) in [6.45, 7) is 4.37. The van der Waals surface area contributed by atoms with Crippen LogP contribution < -0.4 is 11.1 Å². The quantitative estimate of drug-likeness (QED) is 0.398. The van der Waals surface area contributed by atoms with Crippen LogP contribution in [0, 0.1) is 0 Å². The largest absolute Gasteiger partial charge is 0.416 e. The first-order valence-electron chi connectivity index (χ1n) is 12.5. The van der Waals surface area contributed by atoms with Gasteiger partial charge in [-0.05, 0) is 37.1 Å². The third kappa shape index (κ3) is 4.59. The number of nitrogens with one attached hydrogen (secondary N) is 1. The number of anilines is 2. The van der Waals surface area contributed by atoms with Crippen LogP contribution in [0.4, 0.5) is 24.8 Å². The number of pyridine rings is 1. The molecular weight excluding hydrogens is 511 g/mol. The van der Waals surface area contributed by atoms with Crippen molar-refractivity contribution >= 4 is 23.1 Å². The van der Waals surface area contributed by atoms with Gasteiger partial charge in [-0.2, -0.15) is 13.2 Å². The minimum absolute atomic E-state index is 0.186. The summed E-state index contributed by atoms with van der Waals surface area (Å²) in [6.07, 6.45) is 1.93. The van der Waals surface area contributed by atoms with E-state index in [9.17, 15) is 18.0 Å². The summed E-state index contributed by atoms with van der Waals surface area (Å²) in [5, 5.41) is 2.42. The summed E-state index contributed by atoms with van der Waals surface area (Å²) in [5.74, 6) is 0.450. The zero-order chi connectivity index (χ0) is 27.4. The molecular formula is C27H26F3N7O2. The first-order chi connectivity index (χ1) is 18.6. The second-order valence-electron chi connectivity index (χ2n) is 10.3. The standard InChI is InChI=1S/C27H26F3N7O2/c1-26(8-6-19-13-39-15-36(19)14-26)25-35-21(22-23(31)33-10-11-37(22)25)16-2-4-17(5-3-16)24(38)34-20-12-18(7-9-32-20)27(28,29)30/h2-5,7,9-12,19H,6,8,13-15H2,1H3,(H2,31,33)(H,32,34,38)/t19-,26+/m0/s1. The third-order valence-corrected chi connectivity index (χ3v) is 7.54. The van der Waals surface area contributed by atoms with Gasteiger partial charge in [0.1, 0.15) is 28.7 Å². The van der Waals surface area contributed by atoms with Crippen molar-refractivity contribution in [1.29, 1.82) is 0 Å². The third-order valence-electron chi connectivity index (χ3n) is 7.54. The molecule has 2 atom stereocenters. The number of imidazole rings is 1. The van der Waals surface area contributed by atoms with Gasteiger partial charge in [0, 0.05) is 47.7 Å². The van der Waals surface area contributed by atoms with E-state index in [0.29, 0.717) is 29.8 Å². The summed E-state index contributed by atoms with van der Waals surface area (Å²) in [4.78, 5) is 28.3. The van der Waals surface area contributed by atoms with Gasteiger partial charge in [0.15, 0.2) is 0 Å². The van der Waals surface area contributed by atoms with E-state index in [1.54, 1.807) is 30.5 Å². The van der Waals surface area contributed by atoms with Crippen LogP contribution in [0.3, 0.4) is 0 Å². The Morgan fingerprint density at radius 2 is 1.97 bits per heavy atom. The number of nitrogens with zero attached hydrogens (tertiary/aromatic N) is 5. The van der Waals surface area contributed by atoms with Crippen molar-refractivity contribution in [2.75, 3.05) is 30.9 Å². The van der Waals surface area contributed by atoms with Gasteiger partial charge in [-0.25, -0.2) is 15.0 Å². The van der Waals surface area contributed by atoms with Gasteiger partial charge >= 0.3 is 6.18 Å². The first kappa shape index (κ1) is 25.3. The molecule has 0 aliphatic carbocycles. The van der Waals surface area contributed by atoms with Crippen molar-refractivity contribution in [3.63, 3.8) is 0 Å². The predicted octanol–water partition coefficient (Wildman–Crippen LogP) is 4.35. The number of carbonyl (C=O) groups excluding carboxylic acids is 1. The Balaban J connectivity index is 1.30. The lowest BCUT2D eigenvalue weighted by Crippen LogP contribution is -2.48. The van der Waals surface area contributed by atoms with Crippen molar-refractivity contribution in [1.82, 2.24) is 24.3 Å². The van der Waals surface area contributed by atoms with Crippen molar-refractivity contribution in [3.05, 3.63) is 71.9 Å². The highest BCUT2D eigenvalue weighted by Crippen LogP contribution is 2.40. The topological polar surface area (TPSA) is 111 Å². The molecule has 0 unspecified atom stereocenters. The van der Waals surface area contributed by atoms with Crippen molar-refractivity contribution in [2.24, 2.45) is 0 Å². The number of piperidine rings is 1. The molecule has 0 radical (unpaired) electrons. The van der Waals surface area contributed by atoms with Gasteiger partial charge in [0.25, 0.3) is 5.91 Å². The van der Waals surface area contributed by atoms with Crippen molar-refractivity contribution in [2.45, 2.75) is 37.4 Å². The molecule has 202 valence electrons. The maximum Gasteiger partial charge on any atom is 0.416 e. The van der Waals surface area contributed by atoms with E-state index in [2.05, 4.69) is 27.1 Å². The van der Waals surface area contributed by atoms with Crippen molar-refractivity contribution in [3.8, 4) is 11.3 Å². The maximum atomic E-state index is 13.0. The van der Waals surface area contributed by atoms with Crippen LogP contribution >= 0.6 is 0 Å². The molecule has 3 aromatic heterocycles. The average Bonchev–Trinajstić information content (AvgIpc) is 3.54. The Kier molecular flexibility index (Phi) is 6.03. The van der Waals surface area contributed by atoms with Crippen LogP contribution in [0.15, 0.2) is 55.0 Å². The number of amides is 1. The Hall–Kier alpha value is -4.03. The minimum atomic E-state index is -4.54. The maximum absolute atomic E-state index is 13.0. The number of benzene rings is 1. The normalized spacial score (nSPS) is 21.7. The molecule has 0 saturated carbocycles. The van der Waals surface area contributed by atoms with Crippen LogP contribution in [0.2, 0.25) is 0 Å². The number of nitrogen functional groups attached to an aromatic ring is 1. The van der Waals surface area contributed by atoms with Gasteiger partial charge in [-0.15, -0.1) is 0 Å². The Morgan fingerprint density at radius 1 is 1.18 bits per heavy atom. The lowest BCUT2D eigenvalue weighted by molar-refractivity contribution is -0.137. The molecule has 0 bridgehead atoms. The lowest BCUT2D eigenvalue weighted by atomic mass is 9.79. The van der Waals surface area contributed by atoms with E-state index >= 15 is 0 Å². The molecule has 1 aromatic carbocycles. The van der Waals surface area contributed by atoms with Crippen LogP contribution in [0.25, 0.3) is 16.8 Å². The zero-order valence-corrected chi connectivity index (χ0v) is 21.1. The Morgan fingerprint density at radius 3 is 2.74 bits per heavy atom. The number of carbonyl (C=O) groups is 1. The SMILES string of the molecule is C[C@@]1(c2nc(-c3ccc(C(=O)Nc4cc(C(F)(F)F)ccn4)cc3)c3c(N)nccn23)CC[C@H]2COCN2C1. The first-order valence-corrected chi connectivity index (χ1v) is 12.5. The number of rotatable bonds is 4. The minimum Gasteiger partial charge on any atom is -0.382 e. The fraction of sp³-hybridized carbons (Fsp3) is 0.333. The summed E-state index contributed by atoms with van der Waals surface area (Å²) in [6, 6.07) is 8.72. The van der Waals surface area contributed by atoms with E-state index in [4.69, 9.17) is 15.5 Å². The molecule has 6 rings (SSSR count). The average molecular weight is 538 g/mol. The summed E-state index contributed by atoms with van der Waals surface area (Å²) < 4.78 is 46.7. The fourth-order valence-electron chi connectivity index (χ4n) is 5.49. The van der Waals surface area contributed by atoms with E-state index in [0.717, 1.165) is 55.7 Å². The molecule has 2 aliphatic rings. The monoisotopic (exact) mass is 537 g/mol. The second kappa shape index (κ2) is 9.31. The number of alkyl halides is 3. The lowest BCUT2D eigenvalue weighted by Gasteiger charge is -2.40. The number of aromatic nitrogens is 4. The van der Waals surface area contributed by atoms with Crippen molar-refractivity contribution < 1.29 is 22.7 Å². The van der Waals surface area contributed by atoms with E-state index < -0.39 is 17.6 Å². The number of halogens is 3. The molecule has 2 saturated heterocycles. The molecule has 9 nitrogen and oxygen atoms in total. The smallest absolute Gasteiger partial charge is 0.382 e. The van der Waals surface area contributed by atoms with Crippen LogP contribution in [-0.2, 0) is 16.3 Å². The van der Waals surface area contributed by atoms with Crippen LogP contribution in [0.1, 0.15) is 41.5 Å². The van der Waals surface area contributed by atoms with Crippen LogP contribution in [-0.4, -0.2) is 56.1 Å². The molecule has 1 amide bonds. The van der Waals surface area contributed by atoms with Gasteiger partial charge in [0.2, 0.25) is 0 Å². The number of hydrogen-bond acceptors (Lipinski definition) is 7. The predicted molar refractivity (Wildman–Crippen MR) is 138 cm³/mol. The van der Waals surface area contributed by atoms with Gasteiger partial charge in [-0.1, -0.05) is 19.1 Å². The Labute approximate surface area is 221 Å². The molecule has 12 heteroatoms. The summed E-state index contributed by atoms with van der Waals surface area (Å²) in [7, 11) is 0. The summed E-state index contributed by atoms with van der Waals surface area (Å²) in [5.41, 5.74) is 7.50. The molecule has 2 fully saturated rings. The fourth-order valence-corrected chi connectivity index (χ4v) is 5.49. The Bertz CT molecular complexity index is 1550. The molecule has 4 aromatic rings. The zero-order valence-electron chi connectivity index (χ0n) is 21.1. The molecule has 2 aliphatic heterocycles. The highest BCUT2D eigenvalue weighted by atomic mass is 19.4. The highest BCUT2D eigenvalue weighted by molar-refractivity contribution is 6.04. The molecule has 0 spiro atoms. The van der Waals surface area contributed by atoms with Gasteiger partial charge < -0.3 is 15.8 Å². The number of fused-ring (bicyclic) bond motifs is 2. The van der Waals surface area contributed by atoms with Gasteiger partial charge in [0.05, 0.1) is 18.9 Å². The number of nitrogens with two attached hydrogens (primary N) is 1. The molecule has 39 heavy (non-hydrogen) atoms. The number of hydrogen-bond donors (Lipinski definition) is 2. The van der Waals surface area contributed by atoms with Gasteiger partial charge in [-0.3, -0.25) is 14.1 Å². The van der Waals surface area contributed by atoms with E-state index in [1.807, 2.05) is 10.6 Å². The molecule has 5 heterocycles. The van der Waals surface area contributed by atoms with Crippen LogP contribution in [0.5, 0.6) is 0 Å². The summed E-state index contributed by atoms with van der Waals surface area (Å²) >= 11 is 0.